The van der Waals surface area contributed by atoms with Gasteiger partial charge in [-0.1, -0.05) is 197 Å². The smallest absolute Gasteiger partial charge is 0.462 e. The molecule has 0 amide bonds. The molecule has 0 radical (unpaired) electrons. The number of hydrogen-bond donors (Lipinski definition) is 7. The van der Waals surface area contributed by atoms with Crippen LogP contribution in [0.5, 0.6) is 0 Å². The van der Waals surface area contributed by atoms with E-state index >= 15 is 0 Å². The highest BCUT2D eigenvalue weighted by Gasteiger charge is 2.28. The van der Waals surface area contributed by atoms with Crippen molar-refractivity contribution in [1.29, 1.82) is 0 Å². The van der Waals surface area contributed by atoms with Crippen LogP contribution in [0.2, 0.25) is 0 Å². The number of esters is 2. The number of carbonyl (C=O) groups is 2. The molecule has 6 atom stereocenters. The lowest BCUT2D eigenvalue weighted by Gasteiger charge is -2.21. The Labute approximate surface area is 408 Å². The lowest BCUT2D eigenvalue weighted by atomic mass is 10.0. The molecule has 0 saturated carbocycles. The maximum Gasteiger partial charge on any atom is 0.472 e. The van der Waals surface area contributed by atoms with Crippen molar-refractivity contribution in [3.05, 3.63) is 60.8 Å². The van der Waals surface area contributed by atoms with Gasteiger partial charge in [0.15, 0.2) is 6.10 Å². The molecule has 0 aromatic carbocycles. The Balaban J connectivity index is 4.67. The van der Waals surface area contributed by atoms with Gasteiger partial charge in [-0.3, -0.25) is 23.2 Å². The number of allylic oxidation sites excluding steroid dienone is 7. The second-order valence-corrected chi connectivity index (χ2v) is 20.5. The zero-order valence-corrected chi connectivity index (χ0v) is 43.2. The molecule has 18 heteroatoms. The third kappa shape index (κ3) is 46.1. The van der Waals surface area contributed by atoms with Gasteiger partial charge in [0.2, 0.25) is 0 Å². The van der Waals surface area contributed by atoms with Gasteiger partial charge in [-0.15, -0.1) is 0 Å². The van der Waals surface area contributed by atoms with Crippen molar-refractivity contribution < 1.29 is 76.9 Å². The van der Waals surface area contributed by atoms with Gasteiger partial charge in [-0.05, 0) is 38.0 Å². The van der Waals surface area contributed by atoms with Gasteiger partial charge in [-0.25, -0.2) is 9.13 Å². The van der Waals surface area contributed by atoms with Gasteiger partial charge < -0.3 is 44.6 Å². The first-order valence-electron chi connectivity index (χ1n) is 25.2. The zero-order chi connectivity index (χ0) is 50.7. The molecule has 0 aliphatic carbocycles. The van der Waals surface area contributed by atoms with Crippen molar-refractivity contribution in [2.75, 3.05) is 26.4 Å². The summed E-state index contributed by atoms with van der Waals surface area (Å²) < 4.78 is 47.7. The third-order valence-electron chi connectivity index (χ3n) is 10.7. The average Bonchev–Trinajstić information content (AvgIpc) is 3.28. The highest BCUT2D eigenvalue weighted by atomic mass is 31.2. The summed E-state index contributed by atoms with van der Waals surface area (Å²) in [6.07, 6.45) is 35.8. The first-order valence-corrected chi connectivity index (χ1v) is 28.2. The Kier molecular flexibility index (Phi) is 42.0. The van der Waals surface area contributed by atoms with Crippen LogP contribution in [-0.2, 0) is 41.8 Å². The number of aliphatic hydroxyl groups is 4. The van der Waals surface area contributed by atoms with Crippen LogP contribution in [0.1, 0.15) is 181 Å². The molecule has 0 aromatic rings. The maximum absolute atomic E-state index is 12.7. The molecule has 0 bridgehead atoms. The Morgan fingerprint density at radius 3 is 1.53 bits per heavy atom. The molecular weight excluding hydrogens is 918 g/mol. The van der Waals surface area contributed by atoms with Crippen molar-refractivity contribution >= 4 is 27.6 Å². The van der Waals surface area contributed by atoms with Crippen molar-refractivity contribution in [1.82, 2.24) is 0 Å². The summed E-state index contributed by atoms with van der Waals surface area (Å²) >= 11 is 0. The molecule has 0 rings (SSSR count). The van der Waals surface area contributed by atoms with Crippen LogP contribution in [0.25, 0.3) is 0 Å². The van der Waals surface area contributed by atoms with Crippen LogP contribution in [0.15, 0.2) is 60.8 Å². The molecule has 0 aliphatic heterocycles. The molecule has 0 aromatic heterocycles. The van der Waals surface area contributed by atoms with Gasteiger partial charge in [0.1, 0.15) is 12.7 Å². The normalized spacial score (nSPS) is 15.8. The molecule has 0 heterocycles. The van der Waals surface area contributed by atoms with Crippen LogP contribution in [-0.4, -0.2) is 104 Å². The molecule has 16 nitrogen and oxygen atoms in total. The van der Waals surface area contributed by atoms with E-state index in [4.69, 9.17) is 23.8 Å². The lowest BCUT2D eigenvalue weighted by molar-refractivity contribution is -0.161. The van der Waals surface area contributed by atoms with E-state index in [1.165, 1.54) is 96.0 Å². The molecule has 7 N–H and O–H groups in total. The molecule has 68 heavy (non-hydrogen) atoms. The lowest BCUT2D eigenvalue weighted by Crippen LogP contribution is -2.30. The topological polar surface area (TPSA) is 256 Å². The number of rotatable bonds is 46. The molecule has 0 aliphatic rings. The highest BCUT2D eigenvalue weighted by molar-refractivity contribution is 7.47. The predicted octanol–water partition coefficient (Wildman–Crippen LogP) is 10.3. The van der Waals surface area contributed by atoms with E-state index in [2.05, 4.69) is 22.9 Å². The average molecular weight is 1010 g/mol. The van der Waals surface area contributed by atoms with Crippen molar-refractivity contribution in [2.45, 2.75) is 212 Å². The van der Waals surface area contributed by atoms with E-state index in [-0.39, 0.29) is 25.7 Å². The fourth-order valence-corrected chi connectivity index (χ4v) is 7.91. The van der Waals surface area contributed by atoms with Gasteiger partial charge in [0, 0.05) is 12.8 Å². The zero-order valence-electron chi connectivity index (χ0n) is 41.4. The number of carbonyl (C=O) groups excluding carboxylic acids is 2. The van der Waals surface area contributed by atoms with E-state index in [1.807, 2.05) is 19.1 Å². The second-order valence-electron chi connectivity index (χ2n) is 17.8. The van der Waals surface area contributed by atoms with Gasteiger partial charge in [0.25, 0.3) is 0 Å². The first kappa shape index (κ1) is 65.7. The SMILES string of the molecule is CC/C=C\C[C@H](O)/C=C/C=C/C=C\C=C/[C@@H](O)[C@H](O)CCCC(=O)O[C@H](COC(=O)CCCCCCCCCCCCCCCCCCCCC(C)C)COP(=O)(O)OC[C@@H](O)COP(=O)(O)O. The van der Waals surface area contributed by atoms with Crippen molar-refractivity contribution in [3.8, 4) is 0 Å². The number of unbranched alkanes of at least 4 members (excludes halogenated alkanes) is 17. The van der Waals surface area contributed by atoms with E-state index in [1.54, 1.807) is 42.5 Å². The predicted molar refractivity (Wildman–Crippen MR) is 266 cm³/mol. The third-order valence-corrected chi connectivity index (χ3v) is 12.1. The number of phosphoric acid groups is 2. The van der Waals surface area contributed by atoms with E-state index in [0.29, 0.717) is 12.8 Å². The van der Waals surface area contributed by atoms with Gasteiger partial charge >= 0.3 is 27.6 Å². The summed E-state index contributed by atoms with van der Waals surface area (Å²) in [5.74, 6) is -0.539. The largest absolute Gasteiger partial charge is 0.472 e. The minimum Gasteiger partial charge on any atom is -0.462 e. The summed E-state index contributed by atoms with van der Waals surface area (Å²) in [5, 5.41) is 40.3. The Hall–Kier alpha value is -2.30. The number of aliphatic hydroxyl groups excluding tert-OH is 4. The summed E-state index contributed by atoms with van der Waals surface area (Å²) in [6.45, 7) is 3.54. The van der Waals surface area contributed by atoms with E-state index in [9.17, 15) is 44.0 Å². The van der Waals surface area contributed by atoms with Crippen LogP contribution >= 0.6 is 15.6 Å². The Morgan fingerprint density at radius 2 is 1.00 bits per heavy atom. The molecule has 1 unspecified atom stereocenters. The summed E-state index contributed by atoms with van der Waals surface area (Å²) in [5.41, 5.74) is 0. The minimum atomic E-state index is -4.91. The monoisotopic (exact) mass is 1010 g/mol. The van der Waals surface area contributed by atoms with E-state index in [0.717, 1.165) is 38.0 Å². The van der Waals surface area contributed by atoms with E-state index < -0.39 is 84.5 Å². The van der Waals surface area contributed by atoms with Gasteiger partial charge in [-0.2, -0.15) is 0 Å². The quantitative estimate of drug-likeness (QED) is 0.00984. The van der Waals surface area contributed by atoms with Crippen LogP contribution in [0.4, 0.5) is 0 Å². The highest BCUT2D eigenvalue weighted by Crippen LogP contribution is 2.44. The first-order chi connectivity index (χ1) is 32.4. The maximum atomic E-state index is 12.7. The van der Waals surface area contributed by atoms with Crippen LogP contribution < -0.4 is 0 Å². The molecule has 0 fully saturated rings. The van der Waals surface area contributed by atoms with Crippen LogP contribution in [0.3, 0.4) is 0 Å². The molecule has 396 valence electrons. The van der Waals surface area contributed by atoms with Gasteiger partial charge in [0.05, 0.1) is 38.1 Å². The molecular formula is C50H90O16P2. The molecule has 0 saturated heterocycles. The minimum absolute atomic E-state index is 0.0216. The number of hydrogen-bond acceptors (Lipinski definition) is 13. The number of ether oxygens (including phenoxy) is 2. The Bertz CT molecular complexity index is 1490. The van der Waals surface area contributed by atoms with Crippen LogP contribution in [0, 0.1) is 5.92 Å². The Morgan fingerprint density at radius 1 is 0.529 bits per heavy atom. The fraction of sp³-hybridized carbons (Fsp3) is 0.760. The summed E-state index contributed by atoms with van der Waals surface area (Å²) in [7, 11) is -9.82. The second kappa shape index (κ2) is 43.5. The molecule has 0 spiro atoms. The fourth-order valence-electron chi connectivity index (χ4n) is 6.76. The van der Waals surface area contributed by atoms with Crippen molar-refractivity contribution in [3.63, 3.8) is 0 Å². The summed E-state index contributed by atoms with van der Waals surface area (Å²) in [6, 6.07) is 0. The summed E-state index contributed by atoms with van der Waals surface area (Å²) in [4.78, 5) is 52.9. The number of phosphoric ester groups is 2. The standard InChI is InChI=1S/C50H90O16P2/c1-4-5-26-33-44(51)34-28-23-20-21-24-29-35-47(53)48(54)36-31-38-50(56)66-46(42-65-68(60,61)64-40-45(52)39-63-67(57,58)59)41-62-49(55)37-30-25-19-17-15-13-11-9-7-6-8-10-12-14-16-18-22-27-32-43(2)3/h5,20-21,23-24,26,28-29,34-35,43-48,51-54H,4,6-19,22,25,27,30-33,36-42H2,1-3H3,(H,60,61)(H2,57,58,59)/b23-20+,24-21-,26-5-,34-28+,35-29-/t44-,45-,46+,47+,48+/m0/s1. The van der Waals surface area contributed by atoms with Crippen molar-refractivity contribution in [2.24, 2.45) is 5.92 Å².